The van der Waals surface area contributed by atoms with Crippen LogP contribution in [-0.4, -0.2) is 38.4 Å². The number of amides is 1. The number of fused-ring (bicyclic) bond motifs is 1. The number of pyridine rings is 1. The second-order valence-corrected chi connectivity index (χ2v) is 6.33. The van der Waals surface area contributed by atoms with E-state index in [9.17, 15) is 4.79 Å². The van der Waals surface area contributed by atoms with Gasteiger partial charge >= 0.3 is 0 Å². The second-order valence-electron chi connectivity index (χ2n) is 6.33. The van der Waals surface area contributed by atoms with Gasteiger partial charge < -0.3 is 9.47 Å². The molecule has 0 bridgehead atoms. The van der Waals surface area contributed by atoms with Crippen LogP contribution in [0.15, 0.2) is 49.1 Å². The number of piperidine rings is 1. The topological polar surface area (TPSA) is 51.0 Å². The average molecular weight is 320 g/mol. The lowest BCUT2D eigenvalue weighted by atomic mass is 10.0. The van der Waals surface area contributed by atoms with E-state index < -0.39 is 0 Å². The van der Waals surface area contributed by atoms with Crippen molar-refractivity contribution in [1.82, 2.24) is 19.4 Å². The number of likely N-dealkylation sites (tertiary alicyclic amines) is 1. The number of rotatable bonds is 2. The third kappa shape index (κ3) is 2.66. The van der Waals surface area contributed by atoms with Gasteiger partial charge in [0, 0.05) is 38.4 Å². The van der Waals surface area contributed by atoms with Crippen LogP contribution in [0.3, 0.4) is 0 Å². The minimum atomic E-state index is 0.170. The monoisotopic (exact) mass is 320 g/mol. The summed E-state index contributed by atoms with van der Waals surface area (Å²) in [7, 11) is 0. The third-order valence-electron chi connectivity index (χ3n) is 4.89. The van der Waals surface area contributed by atoms with Gasteiger partial charge in [-0.25, -0.2) is 4.98 Å². The molecule has 122 valence electrons. The summed E-state index contributed by atoms with van der Waals surface area (Å²) in [6.45, 7) is 3.29. The Bertz CT molecular complexity index is 863. The fraction of sp³-hybridized carbons (Fsp3) is 0.316. The average Bonchev–Trinajstić information content (AvgIpc) is 3.05. The lowest BCUT2D eigenvalue weighted by molar-refractivity contribution is -0.130. The lowest BCUT2D eigenvalue weighted by Gasteiger charge is -2.32. The van der Waals surface area contributed by atoms with E-state index in [0.717, 1.165) is 42.5 Å². The predicted octanol–water partition coefficient (Wildman–Crippen LogP) is 3.28. The molecule has 0 atom stereocenters. The van der Waals surface area contributed by atoms with E-state index in [0.29, 0.717) is 6.04 Å². The highest BCUT2D eigenvalue weighted by Crippen LogP contribution is 2.29. The van der Waals surface area contributed by atoms with Crippen LogP contribution < -0.4 is 0 Å². The van der Waals surface area contributed by atoms with E-state index in [4.69, 9.17) is 0 Å². The summed E-state index contributed by atoms with van der Waals surface area (Å²) in [5.41, 5.74) is 4.51. The highest BCUT2D eigenvalue weighted by molar-refractivity contribution is 5.82. The van der Waals surface area contributed by atoms with Crippen molar-refractivity contribution >= 4 is 16.9 Å². The van der Waals surface area contributed by atoms with Gasteiger partial charge in [0.1, 0.15) is 0 Å². The molecular formula is C19H20N4O. The van der Waals surface area contributed by atoms with Gasteiger partial charge in [0.15, 0.2) is 0 Å². The fourth-order valence-electron chi connectivity index (χ4n) is 3.50. The van der Waals surface area contributed by atoms with Gasteiger partial charge in [-0.3, -0.25) is 9.78 Å². The smallest absolute Gasteiger partial charge is 0.219 e. The molecule has 24 heavy (non-hydrogen) atoms. The molecule has 1 amide bonds. The quantitative estimate of drug-likeness (QED) is 0.728. The molecule has 2 aromatic heterocycles. The van der Waals surface area contributed by atoms with Gasteiger partial charge in [0.05, 0.1) is 17.4 Å². The minimum absolute atomic E-state index is 0.170. The summed E-state index contributed by atoms with van der Waals surface area (Å²) in [5, 5.41) is 0. The molecule has 1 aliphatic heterocycles. The predicted molar refractivity (Wildman–Crippen MR) is 93.5 cm³/mol. The number of benzene rings is 1. The minimum Gasteiger partial charge on any atom is -0.343 e. The molecule has 5 heteroatoms. The maximum Gasteiger partial charge on any atom is 0.219 e. The van der Waals surface area contributed by atoms with Gasteiger partial charge in [-0.1, -0.05) is 6.07 Å². The summed E-state index contributed by atoms with van der Waals surface area (Å²) >= 11 is 0. The van der Waals surface area contributed by atoms with Gasteiger partial charge in [-0.05, 0) is 48.2 Å². The van der Waals surface area contributed by atoms with E-state index in [1.54, 1.807) is 6.92 Å². The SMILES string of the molecule is CC(=O)N1CCC(n2cnc3ccc(-c4ccncc4)cc32)CC1. The van der Waals surface area contributed by atoms with Gasteiger partial charge in [0.2, 0.25) is 5.91 Å². The van der Waals surface area contributed by atoms with Gasteiger partial charge in [0.25, 0.3) is 0 Å². The zero-order valence-corrected chi connectivity index (χ0v) is 13.7. The first kappa shape index (κ1) is 14.9. The highest BCUT2D eigenvalue weighted by atomic mass is 16.2. The zero-order chi connectivity index (χ0) is 16.5. The summed E-state index contributed by atoms with van der Waals surface area (Å²) in [6, 6.07) is 10.8. The van der Waals surface area contributed by atoms with Crippen molar-refractivity contribution < 1.29 is 4.79 Å². The molecule has 0 N–H and O–H groups in total. The van der Waals surface area contributed by atoms with E-state index >= 15 is 0 Å². The Morgan fingerprint density at radius 2 is 1.83 bits per heavy atom. The van der Waals surface area contributed by atoms with Crippen LogP contribution in [0.4, 0.5) is 0 Å². The molecule has 0 spiro atoms. The first-order chi connectivity index (χ1) is 11.7. The van der Waals surface area contributed by atoms with E-state index in [-0.39, 0.29) is 5.91 Å². The molecule has 4 rings (SSSR count). The van der Waals surface area contributed by atoms with E-state index in [2.05, 4.69) is 32.7 Å². The number of hydrogen-bond acceptors (Lipinski definition) is 3. The lowest BCUT2D eigenvalue weighted by Crippen LogP contribution is -2.37. The van der Waals surface area contributed by atoms with Crippen LogP contribution in [0.25, 0.3) is 22.2 Å². The van der Waals surface area contributed by atoms with Crippen molar-refractivity contribution in [2.75, 3.05) is 13.1 Å². The Morgan fingerprint density at radius 3 is 2.54 bits per heavy atom. The normalized spacial score (nSPS) is 15.8. The Labute approximate surface area is 140 Å². The molecule has 1 aromatic carbocycles. The Balaban J connectivity index is 1.66. The van der Waals surface area contributed by atoms with Crippen LogP contribution in [-0.2, 0) is 4.79 Å². The second kappa shape index (κ2) is 6.07. The molecule has 0 aliphatic carbocycles. The van der Waals surface area contributed by atoms with Crippen LogP contribution in [0.2, 0.25) is 0 Å². The van der Waals surface area contributed by atoms with Crippen molar-refractivity contribution in [3.63, 3.8) is 0 Å². The Hall–Kier alpha value is -2.69. The van der Waals surface area contributed by atoms with Crippen LogP contribution in [0.5, 0.6) is 0 Å². The number of carbonyl (C=O) groups is 1. The number of imidazole rings is 1. The van der Waals surface area contributed by atoms with Crippen molar-refractivity contribution in [2.45, 2.75) is 25.8 Å². The summed E-state index contributed by atoms with van der Waals surface area (Å²) in [6.07, 6.45) is 7.52. The maximum absolute atomic E-state index is 11.5. The Morgan fingerprint density at radius 1 is 1.08 bits per heavy atom. The number of carbonyl (C=O) groups excluding carboxylic acids is 1. The molecule has 5 nitrogen and oxygen atoms in total. The number of aromatic nitrogens is 3. The highest BCUT2D eigenvalue weighted by Gasteiger charge is 2.23. The zero-order valence-electron chi connectivity index (χ0n) is 13.7. The summed E-state index contributed by atoms with van der Waals surface area (Å²) < 4.78 is 2.28. The molecular weight excluding hydrogens is 300 g/mol. The Kier molecular flexibility index (Phi) is 3.76. The summed E-state index contributed by atoms with van der Waals surface area (Å²) in [5.74, 6) is 0.170. The fourth-order valence-corrected chi connectivity index (χ4v) is 3.50. The van der Waals surface area contributed by atoms with Crippen LogP contribution in [0.1, 0.15) is 25.8 Å². The van der Waals surface area contributed by atoms with Crippen LogP contribution >= 0.6 is 0 Å². The molecule has 3 aromatic rings. The summed E-state index contributed by atoms with van der Waals surface area (Å²) in [4.78, 5) is 22.1. The first-order valence-electron chi connectivity index (χ1n) is 8.35. The molecule has 3 heterocycles. The van der Waals surface area contributed by atoms with Gasteiger partial charge in [-0.15, -0.1) is 0 Å². The van der Waals surface area contributed by atoms with Crippen molar-refractivity contribution in [3.8, 4) is 11.1 Å². The number of nitrogens with zero attached hydrogens (tertiary/aromatic N) is 4. The molecule has 1 fully saturated rings. The van der Waals surface area contributed by atoms with Crippen LogP contribution in [0, 0.1) is 0 Å². The van der Waals surface area contributed by atoms with E-state index in [1.165, 1.54) is 5.56 Å². The molecule has 0 unspecified atom stereocenters. The number of hydrogen-bond donors (Lipinski definition) is 0. The molecule has 0 saturated carbocycles. The molecule has 1 saturated heterocycles. The maximum atomic E-state index is 11.5. The van der Waals surface area contributed by atoms with Crippen molar-refractivity contribution in [1.29, 1.82) is 0 Å². The molecule has 1 aliphatic rings. The van der Waals surface area contributed by atoms with Gasteiger partial charge in [-0.2, -0.15) is 0 Å². The standard InChI is InChI=1S/C19H20N4O/c1-14(24)22-10-6-17(7-11-22)23-13-21-18-3-2-16(12-19(18)23)15-4-8-20-9-5-15/h2-5,8-9,12-13,17H,6-7,10-11H2,1H3. The molecule has 0 radical (unpaired) electrons. The van der Waals surface area contributed by atoms with Crippen molar-refractivity contribution in [3.05, 3.63) is 49.1 Å². The first-order valence-corrected chi connectivity index (χ1v) is 8.35. The van der Waals surface area contributed by atoms with E-state index in [1.807, 2.05) is 35.8 Å². The van der Waals surface area contributed by atoms with Crippen molar-refractivity contribution in [2.24, 2.45) is 0 Å². The third-order valence-corrected chi connectivity index (χ3v) is 4.89. The largest absolute Gasteiger partial charge is 0.343 e.